The summed E-state index contributed by atoms with van der Waals surface area (Å²) in [6.07, 6.45) is 3.69. The van der Waals surface area contributed by atoms with E-state index in [4.69, 9.17) is 11.6 Å². The molecular weight excluding hydrogens is 368 g/mol. The van der Waals surface area contributed by atoms with Crippen LogP contribution in [0.5, 0.6) is 0 Å². The largest absolute Gasteiger partial charge is 0.352 e. The fourth-order valence-electron chi connectivity index (χ4n) is 3.42. The summed E-state index contributed by atoms with van der Waals surface area (Å²) >= 11 is 5.99. The van der Waals surface area contributed by atoms with Crippen molar-refractivity contribution in [1.82, 2.24) is 20.0 Å². The van der Waals surface area contributed by atoms with E-state index < -0.39 is 0 Å². The third kappa shape index (κ3) is 2.76. The van der Waals surface area contributed by atoms with Gasteiger partial charge in [0.25, 0.3) is 0 Å². The molecular formula is C18H17ClN6O2. The molecule has 1 aliphatic carbocycles. The summed E-state index contributed by atoms with van der Waals surface area (Å²) in [4.78, 5) is 33.1. The Balaban J connectivity index is 1.58. The molecule has 0 atom stereocenters. The minimum Gasteiger partial charge on any atom is -0.352 e. The van der Waals surface area contributed by atoms with Crippen LogP contribution in [-0.4, -0.2) is 58.1 Å². The molecule has 8 nitrogen and oxygen atoms in total. The summed E-state index contributed by atoms with van der Waals surface area (Å²) in [6.45, 7) is 1.01. The number of hydrogen-bond acceptors (Lipinski definition) is 4. The maximum Gasteiger partial charge on any atom is 0.331 e. The topological polar surface area (TPSA) is 82.8 Å². The summed E-state index contributed by atoms with van der Waals surface area (Å²) in [5.74, 6) is 1.01. The van der Waals surface area contributed by atoms with Gasteiger partial charge in [0.1, 0.15) is 12.4 Å². The van der Waals surface area contributed by atoms with Crippen molar-refractivity contribution in [2.75, 3.05) is 24.5 Å². The number of benzene rings is 1. The zero-order chi connectivity index (χ0) is 18.5. The van der Waals surface area contributed by atoms with Gasteiger partial charge in [-0.15, -0.1) is 0 Å². The number of aliphatic imine (C=N–C) groups is 1. The van der Waals surface area contributed by atoms with Gasteiger partial charge in [0.15, 0.2) is 5.82 Å². The van der Waals surface area contributed by atoms with Gasteiger partial charge < -0.3 is 5.32 Å². The lowest BCUT2D eigenvalue weighted by atomic mass is 10.2. The fraction of sp³-hybridized carbons (Fsp3) is 0.333. The normalized spacial score (nSPS) is 18.3. The van der Waals surface area contributed by atoms with Crippen LogP contribution in [0.1, 0.15) is 18.4 Å². The van der Waals surface area contributed by atoms with Crippen LogP contribution in [0.4, 0.5) is 10.6 Å². The molecule has 1 saturated carbocycles. The molecule has 1 aromatic heterocycles. The average Bonchev–Trinajstić information content (AvgIpc) is 3.16. The molecule has 2 aliphatic heterocycles. The number of nitrogens with zero attached hydrogens (tertiary/aromatic N) is 5. The quantitative estimate of drug-likeness (QED) is 0.872. The third-order valence-corrected chi connectivity index (χ3v) is 5.11. The van der Waals surface area contributed by atoms with E-state index >= 15 is 0 Å². The number of nitrogens with one attached hydrogen (secondary N) is 1. The summed E-state index contributed by atoms with van der Waals surface area (Å²) in [6, 6.07) is 7.16. The highest BCUT2D eigenvalue weighted by molar-refractivity contribution is 6.30. The van der Waals surface area contributed by atoms with Crippen LogP contribution in [0.2, 0.25) is 5.02 Å². The van der Waals surface area contributed by atoms with Crippen LogP contribution in [0.3, 0.4) is 0 Å². The highest BCUT2D eigenvalue weighted by atomic mass is 35.5. The number of urea groups is 1. The Kier molecular flexibility index (Phi) is 3.68. The number of halogens is 1. The zero-order valence-electron chi connectivity index (χ0n) is 14.4. The molecule has 3 amide bonds. The van der Waals surface area contributed by atoms with Crippen molar-refractivity contribution < 1.29 is 9.59 Å². The van der Waals surface area contributed by atoms with Crippen molar-refractivity contribution >= 4 is 35.2 Å². The first-order valence-corrected chi connectivity index (χ1v) is 9.27. The van der Waals surface area contributed by atoms with E-state index in [0.29, 0.717) is 29.8 Å². The monoisotopic (exact) mass is 384 g/mol. The van der Waals surface area contributed by atoms with Crippen LogP contribution >= 0.6 is 11.6 Å². The number of carbonyl (C=O) groups excluding carboxylic acids is 2. The van der Waals surface area contributed by atoms with E-state index in [2.05, 4.69) is 15.4 Å². The van der Waals surface area contributed by atoms with Gasteiger partial charge in [-0.05, 0) is 37.1 Å². The maximum atomic E-state index is 13.1. The Morgan fingerprint density at radius 2 is 2.04 bits per heavy atom. The molecule has 3 heterocycles. The standard InChI is InChI=1S/C18H17ClN6O2/c19-11-1-5-13(6-2-11)25-17-14(9-21-25)16-20-7-8-23(16)18(27)24(17)10-15(26)22-12-3-4-12/h1-2,5-6,9,12H,3-4,7-8,10H2,(H,22,26). The van der Waals surface area contributed by atoms with Crippen molar-refractivity contribution in [2.45, 2.75) is 18.9 Å². The number of amidine groups is 1. The van der Waals surface area contributed by atoms with Gasteiger partial charge in [-0.1, -0.05) is 11.6 Å². The number of fused-ring (bicyclic) bond motifs is 3. The minimum atomic E-state index is -0.250. The molecule has 0 radical (unpaired) electrons. The van der Waals surface area contributed by atoms with Crippen LogP contribution in [0.15, 0.2) is 35.5 Å². The second-order valence-electron chi connectivity index (χ2n) is 6.84. The predicted molar refractivity (Wildman–Crippen MR) is 101 cm³/mol. The first-order valence-electron chi connectivity index (χ1n) is 8.89. The van der Waals surface area contributed by atoms with Gasteiger partial charge in [0, 0.05) is 17.6 Å². The van der Waals surface area contributed by atoms with Crippen molar-refractivity contribution in [1.29, 1.82) is 0 Å². The summed E-state index contributed by atoms with van der Waals surface area (Å²) in [5.41, 5.74) is 1.51. The first kappa shape index (κ1) is 16.3. The van der Waals surface area contributed by atoms with Crippen LogP contribution in [0, 0.1) is 0 Å². The zero-order valence-corrected chi connectivity index (χ0v) is 15.2. The Morgan fingerprint density at radius 3 is 2.78 bits per heavy atom. The highest BCUT2D eigenvalue weighted by Crippen LogP contribution is 2.33. The van der Waals surface area contributed by atoms with Crippen molar-refractivity contribution in [3.05, 3.63) is 41.0 Å². The summed E-state index contributed by atoms with van der Waals surface area (Å²) in [7, 11) is 0. The van der Waals surface area contributed by atoms with Crippen LogP contribution in [0.25, 0.3) is 5.69 Å². The van der Waals surface area contributed by atoms with E-state index in [0.717, 1.165) is 24.1 Å². The minimum absolute atomic E-state index is 0.0502. The fourth-order valence-corrected chi connectivity index (χ4v) is 3.54. The Hall–Kier alpha value is -2.87. The Morgan fingerprint density at radius 1 is 1.26 bits per heavy atom. The molecule has 5 rings (SSSR count). The van der Waals surface area contributed by atoms with E-state index in [1.165, 1.54) is 4.90 Å². The second-order valence-corrected chi connectivity index (χ2v) is 7.27. The third-order valence-electron chi connectivity index (χ3n) is 4.86. The molecule has 0 unspecified atom stereocenters. The number of rotatable bonds is 4. The summed E-state index contributed by atoms with van der Waals surface area (Å²) in [5, 5.41) is 8.02. The lowest BCUT2D eigenvalue weighted by molar-refractivity contribution is -0.119. The van der Waals surface area contributed by atoms with E-state index in [1.54, 1.807) is 27.9 Å². The Bertz CT molecular complexity index is 963. The summed E-state index contributed by atoms with van der Waals surface area (Å²) < 4.78 is 1.66. The lowest BCUT2D eigenvalue weighted by Crippen LogP contribution is -2.53. The number of amides is 3. The number of carbonyl (C=O) groups is 2. The van der Waals surface area contributed by atoms with Crippen LogP contribution < -0.4 is 10.2 Å². The molecule has 1 aromatic carbocycles. The molecule has 0 saturated heterocycles. The van der Waals surface area contributed by atoms with Crippen molar-refractivity contribution in [3.63, 3.8) is 0 Å². The second kappa shape index (κ2) is 6.09. The predicted octanol–water partition coefficient (Wildman–Crippen LogP) is 1.81. The molecule has 0 spiro atoms. The smallest absolute Gasteiger partial charge is 0.331 e. The van der Waals surface area contributed by atoms with Gasteiger partial charge in [-0.25, -0.2) is 9.48 Å². The van der Waals surface area contributed by atoms with Gasteiger partial charge >= 0.3 is 6.03 Å². The first-order chi connectivity index (χ1) is 13.1. The number of anilines is 1. The molecule has 2 aromatic rings. The van der Waals surface area contributed by atoms with Crippen molar-refractivity contribution in [2.24, 2.45) is 4.99 Å². The lowest BCUT2D eigenvalue weighted by Gasteiger charge is -2.33. The number of aromatic nitrogens is 2. The highest BCUT2D eigenvalue weighted by Gasteiger charge is 2.41. The molecule has 3 aliphatic rings. The van der Waals surface area contributed by atoms with Gasteiger partial charge in [0.05, 0.1) is 24.0 Å². The maximum absolute atomic E-state index is 13.1. The molecule has 0 bridgehead atoms. The molecule has 9 heteroatoms. The van der Waals surface area contributed by atoms with Gasteiger partial charge in [-0.2, -0.15) is 5.10 Å². The average molecular weight is 385 g/mol. The van der Waals surface area contributed by atoms with Crippen LogP contribution in [-0.2, 0) is 4.79 Å². The number of hydrogen-bond donors (Lipinski definition) is 1. The van der Waals surface area contributed by atoms with E-state index in [1.807, 2.05) is 12.1 Å². The molecule has 1 fully saturated rings. The van der Waals surface area contributed by atoms with Gasteiger partial charge in [-0.3, -0.25) is 19.6 Å². The van der Waals surface area contributed by atoms with Crippen molar-refractivity contribution in [3.8, 4) is 5.69 Å². The molecule has 27 heavy (non-hydrogen) atoms. The van der Waals surface area contributed by atoms with E-state index in [-0.39, 0.29) is 24.5 Å². The molecule has 1 N–H and O–H groups in total. The van der Waals surface area contributed by atoms with E-state index in [9.17, 15) is 9.59 Å². The SMILES string of the molecule is O=C(CN1C(=O)N2CCN=C2c2cnn(-c3ccc(Cl)cc3)c21)NC1CC1. The molecule has 138 valence electrons. The Labute approximate surface area is 160 Å². The van der Waals surface area contributed by atoms with Gasteiger partial charge in [0.2, 0.25) is 5.91 Å².